The molecule has 21 heavy (non-hydrogen) atoms. The average molecular weight is 278 g/mol. The quantitative estimate of drug-likeness (QED) is 0.746. The summed E-state index contributed by atoms with van der Waals surface area (Å²) in [4.78, 5) is 7.35. The Balaban J connectivity index is 1.73. The molecular formula is C17H16N3O+. The number of oxazole rings is 1. The van der Waals surface area contributed by atoms with Gasteiger partial charge in [-0.2, -0.15) is 4.98 Å². The van der Waals surface area contributed by atoms with Crippen LogP contribution in [-0.4, -0.2) is 6.21 Å². The number of nitrogens with one attached hydrogen (secondary N) is 1. The number of hydrogen-bond acceptors (Lipinski definition) is 3. The molecule has 0 amide bonds. The van der Waals surface area contributed by atoms with Gasteiger partial charge in [0, 0.05) is 18.3 Å². The Morgan fingerprint density at radius 2 is 1.81 bits per heavy atom. The van der Waals surface area contributed by atoms with E-state index >= 15 is 0 Å². The second kappa shape index (κ2) is 6.15. The fourth-order valence-electron chi connectivity index (χ4n) is 1.99. The number of H-pyrrole nitrogens is 1. The zero-order valence-corrected chi connectivity index (χ0v) is 11.5. The molecule has 0 saturated carbocycles. The van der Waals surface area contributed by atoms with Crippen LogP contribution in [0, 0.1) is 0 Å². The Kier molecular flexibility index (Phi) is 3.89. The lowest BCUT2D eigenvalue weighted by Gasteiger charge is -1.98. The Morgan fingerprint density at radius 3 is 2.43 bits per heavy atom. The van der Waals surface area contributed by atoms with E-state index in [0.29, 0.717) is 6.54 Å². The molecule has 0 radical (unpaired) electrons. The molecule has 3 N–H and O–H groups in total. The molecule has 1 aromatic heterocycles. The molecule has 0 unspecified atom stereocenters. The summed E-state index contributed by atoms with van der Waals surface area (Å²) in [6.07, 6.45) is 5.21. The van der Waals surface area contributed by atoms with Gasteiger partial charge in [-0.05, 0) is 35.4 Å². The lowest BCUT2D eigenvalue weighted by atomic mass is 10.1. The van der Waals surface area contributed by atoms with E-state index in [-0.39, 0.29) is 0 Å². The van der Waals surface area contributed by atoms with Crippen molar-refractivity contribution in [3.05, 3.63) is 72.2 Å². The molecule has 0 bridgehead atoms. The van der Waals surface area contributed by atoms with Crippen molar-refractivity contribution in [3.63, 3.8) is 0 Å². The van der Waals surface area contributed by atoms with Gasteiger partial charge in [0.15, 0.2) is 0 Å². The van der Waals surface area contributed by atoms with Crippen LogP contribution in [0.25, 0.3) is 11.3 Å². The highest BCUT2D eigenvalue weighted by Crippen LogP contribution is 2.21. The molecule has 2 aromatic carbocycles. The summed E-state index contributed by atoms with van der Waals surface area (Å²) in [5, 5.41) is 0. The molecule has 104 valence electrons. The van der Waals surface area contributed by atoms with E-state index in [9.17, 15) is 0 Å². The van der Waals surface area contributed by atoms with Gasteiger partial charge >= 0.3 is 6.39 Å². The van der Waals surface area contributed by atoms with Gasteiger partial charge in [-0.3, -0.25) is 4.99 Å². The van der Waals surface area contributed by atoms with Gasteiger partial charge < -0.3 is 10.2 Å². The first-order valence-electron chi connectivity index (χ1n) is 6.73. The van der Waals surface area contributed by atoms with Crippen molar-refractivity contribution in [2.45, 2.75) is 6.54 Å². The van der Waals surface area contributed by atoms with E-state index in [1.54, 1.807) is 6.39 Å². The van der Waals surface area contributed by atoms with Crippen LogP contribution >= 0.6 is 0 Å². The predicted molar refractivity (Wildman–Crippen MR) is 82.3 cm³/mol. The third-order valence-corrected chi connectivity index (χ3v) is 3.20. The van der Waals surface area contributed by atoms with Gasteiger partial charge in [-0.1, -0.05) is 24.3 Å². The average Bonchev–Trinajstić information content (AvgIpc) is 3.08. The first-order chi connectivity index (χ1) is 10.3. The number of benzene rings is 2. The zero-order chi connectivity index (χ0) is 14.5. The molecule has 3 rings (SSSR count). The number of aromatic amines is 1. The number of hydrogen-bond donors (Lipinski definition) is 1. The summed E-state index contributed by atoms with van der Waals surface area (Å²) in [6, 6.07) is 15.9. The van der Waals surface area contributed by atoms with Gasteiger partial charge in [0.1, 0.15) is 0 Å². The molecule has 4 heteroatoms. The summed E-state index contributed by atoms with van der Waals surface area (Å²) in [6.45, 7) is 0.559. The lowest BCUT2D eigenvalue weighted by molar-refractivity contribution is -0.383. The molecule has 4 nitrogen and oxygen atoms in total. The zero-order valence-electron chi connectivity index (χ0n) is 11.5. The summed E-state index contributed by atoms with van der Waals surface area (Å²) >= 11 is 0. The standard InChI is InChI=1S/C17H15N3O/c18-9-13-1-3-14(4-2-13)10-20-16-7-5-15(6-8-16)17-11-19-12-21-17/h1-8,10-12H,9,18H2/p+1. The van der Waals surface area contributed by atoms with Crippen LogP contribution in [0.3, 0.4) is 0 Å². The third-order valence-electron chi connectivity index (χ3n) is 3.20. The molecule has 0 fully saturated rings. The minimum Gasteiger partial charge on any atom is -0.404 e. The highest BCUT2D eigenvalue weighted by molar-refractivity contribution is 5.82. The molecule has 0 aliphatic rings. The van der Waals surface area contributed by atoms with Crippen molar-refractivity contribution < 1.29 is 9.40 Å². The van der Waals surface area contributed by atoms with E-state index in [4.69, 9.17) is 10.2 Å². The number of rotatable bonds is 4. The minimum absolute atomic E-state index is 0.559. The Bertz CT molecular complexity index is 714. The van der Waals surface area contributed by atoms with Crippen LogP contribution in [-0.2, 0) is 6.54 Å². The summed E-state index contributed by atoms with van der Waals surface area (Å²) < 4.78 is 5.31. The molecule has 0 aliphatic carbocycles. The number of nitrogens with two attached hydrogens (primary N) is 1. The predicted octanol–water partition coefficient (Wildman–Crippen LogP) is 2.97. The minimum atomic E-state index is 0.559. The highest BCUT2D eigenvalue weighted by atomic mass is 16.3. The van der Waals surface area contributed by atoms with Crippen molar-refractivity contribution in [3.8, 4) is 11.3 Å². The SMILES string of the molecule is NCc1ccc(C=Nc2ccc(-c3c[nH+]co3)cc2)cc1. The Morgan fingerprint density at radius 1 is 1.05 bits per heavy atom. The lowest BCUT2D eigenvalue weighted by Crippen LogP contribution is -1.95. The van der Waals surface area contributed by atoms with Crippen LogP contribution < -0.4 is 10.7 Å². The highest BCUT2D eigenvalue weighted by Gasteiger charge is 2.03. The largest absolute Gasteiger partial charge is 0.404 e. The third kappa shape index (κ3) is 3.24. The van der Waals surface area contributed by atoms with Crippen molar-refractivity contribution in [2.75, 3.05) is 0 Å². The molecule has 0 saturated heterocycles. The first-order valence-corrected chi connectivity index (χ1v) is 6.73. The van der Waals surface area contributed by atoms with Gasteiger partial charge in [0.05, 0.1) is 5.69 Å². The fourth-order valence-corrected chi connectivity index (χ4v) is 1.99. The molecule has 0 atom stereocenters. The van der Waals surface area contributed by atoms with E-state index < -0.39 is 0 Å². The smallest absolute Gasteiger partial charge is 0.333 e. The number of aliphatic imine (C=N–C) groups is 1. The Hall–Kier alpha value is -2.72. The first kappa shape index (κ1) is 13.3. The van der Waals surface area contributed by atoms with Crippen LogP contribution in [0.1, 0.15) is 11.1 Å². The van der Waals surface area contributed by atoms with Gasteiger partial charge in [-0.25, -0.2) is 0 Å². The molecule has 1 heterocycles. The normalized spacial score (nSPS) is 11.1. The van der Waals surface area contributed by atoms with Crippen LogP contribution in [0.5, 0.6) is 0 Å². The maximum absolute atomic E-state index is 5.58. The summed E-state index contributed by atoms with van der Waals surface area (Å²) in [5.41, 5.74) is 9.66. The van der Waals surface area contributed by atoms with Crippen LogP contribution in [0.4, 0.5) is 5.69 Å². The van der Waals surface area contributed by atoms with E-state index in [2.05, 4.69) is 9.98 Å². The van der Waals surface area contributed by atoms with E-state index in [1.807, 2.05) is 60.9 Å². The van der Waals surface area contributed by atoms with Gasteiger partial charge in [-0.15, -0.1) is 0 Å². The molecule has 3 aromatic rings. The van der Waals surface area contributed by atoms with Gasteiger partial charge in [0.25, 0.3) is 0 Å². The maximum Gasteiger partial charge on any atom is 0.333 e. The molecule has 0 aliphatic heterocycles. The van der Waals surface area contributed by atoms with Gasteiger partial charge in [0.2, 0.25) is 12.0 Å². The van der Waals surface area contributed by atoms with Crippen LogP contribution in [0.15, 0.2) is 70.5 Å². The summed E-state index contributed by atoms with van der Waals surface area (Å²) in [5.74, 6) is 0.808. The topological polar surface area (TPSA) is 65.7 Å². The van der Waals surface area contributed by atoms with E-state index in [0.717, 1.165) is 28.1 Å². The van der Waals surface area contributed by atoms with Crippen LogP contribution in [0.2, 0.25) is 0 Å². The van der Waals surface area contributed by atoms with Crippen molar-refractivity contribution >= 4 is 11.9 Å². The Labute approximate surface area is 123 Å². The fraction of sp³-hybridized carbons (Fsp3) is 0.0588. The molecular weight excluding hydrogens is 262 g/mol. The van der Waals surface area contributed by atoms with Crippen molar-refractivity contribution in [1.29, 1.82) is 0 Å². The summed E-state index contributed by atoms with van der Waals surface area (Å²) in [7, 11) is 0. The second-order valence-corrected chi connectivity index (χ2v) is 4.66. The maximum atomic E-state index is 5.58. The van der Waals surface area contributed by atoms with E-state index in [1.165, 1.54) is 0 Å². The monoisotopic (exact) mass is 278 g/mol. The number of aromatic nitrogens is 1. The van der Waals surface area contributed by atoms with Crippen molar-refractivity contribution in [2.24, 2.45) is 10.7 Å². The molecule has 0 spiro atoms. The van der Waals surface area contributed by atoms with Crippen molar-refractivity contribution in [1.82, 2.24) is 0 Å². The number of nitrogens with zero attached hydrogens (tertiary/aromatic N) is 1. The second-order valence-electron chi connectivity index (χ2n) is 4.66.